The van der Waals surface area contributed by atoms with Crippen molar-refractivity contribution >= 4 is 5.91 Å². The predicted octanol–water partition coefficient (Wildman–Crippen LogP) is 2.48. The van der Waals surface area contributed by atoms with Gasteiger partial charge in [-0.15, -0.1) is 0 Å². The molecular weight excluding hydrogens is 238 g/mol. The van der Waals surface area contributed by atoms with Crippen molar-refractivity contribution in [1.29, 1.82) is 0 Å². The molecule has 0 aromatic heterocycles. The maximum atomic E-state index is 12.4. The van der Waals surface area contributed by atoms with E-state index in [0.717, 1.165) is 6.42 Å². The third kappa shape index (κ3) is 2.81. The molecule has 3 atom stereocenters. The fourth-order valence-corrected chi connectivity index (χ4v) is 4.59. The lowest BCUT2D eigenvalue weighted by molar-refractivity contribution is -0.124. The summed E-state index contributed by atoms with van der Waals surface area (Å²) in [7, 11) is 0. The Bertz CT molecular complexity index is 315. The van der Waals surface area contributed by atoms with Crippen LogP contribution in [0.15, 0.2) is 0 Å². The van der Waals surface area contributed by atoms with E-state index in [0.29, 0.717) is 29.6 Å². The van der Waals surface area contributed by atoms with Gasteiger partial charge in [0.2, 0.25) is 5.91 Å². The number of nitrogens with one attached hydrogen (secondary N) is 1. The second kappa shape index (κ2) is 5.82. The lowest BCUT2D eigenvalue weighted by atomic mass is 9.82. The van der Waals surface area contributed by atoms with Crippen LogP contribution in [0.2, 0.25) is 0 Å². The molecule has 0 aliphatic heterocycles. The number of hydrogen-bond donors (Lipinski definition) is 2. The van der Waals surface area contributed by atoms with Crippen LogP contribution >= 0.6 is 0 Å². The lowest BCUT2D eigenvalue weighted by Crippen LogP contribution is -2.43. The summed E-state index contributed by atoms with van der Waals surface area (Å²) in [6, 6.07) is 0.221. The standard InChI is InChI=1S/C16H27NO2/c18-10-9-14(11-5-2-1-3-6-11)17-16(19)15-12-7-4-8-13(12)15/h11-15,18H,1-10H2,(H,17,19). The van der Waals surface area contributed by atoms with Crippen LogP contribution in [0.4, 0.5) is 0 Å². The van der Waals surface area contributed by atoms with Gasteiger partial charge in [-0.2, -0.15) is 0 Å². The molecule has 0 saturated heterocycles. The summed E-state index contributed by atoms with van der Waals surface area (Å²) in [5.41, 5.74) is 0. The predicted molar refractivity (Wildman–Crippen MR) is 74.5 cm³/mol. The third-order valence-electron chi connectivity index (χ3n) is 5.70. The molecule has 0 aromatic rings. The summed E-state index contributed by atoms with van der Waals surface area (Å²) in [5.74, 6) is 2.60. The molecule has 0 bridgehead atoms. The zero-order chi connectivity index (χ0) is 13.2. The van der Waals surface area contributed by atoms with Crippen molar-refractivity contribution in [3.63, 3.8) is 0 Å². The van der Waals surface area contributed by atoms with Crippen molar-refractivity contribution in [3.8, 4) is 0 Å². The number of rotatable bonds is 5. The zero-order valence-electron chi connectivity index (χ0n) is 11.8. The van der Waals surface area contributed by atoms with Crippen LogP contribution in [0.25, 0.3) is 0 Å². The van der Waals surface area contributed by atoms with Gasteiger partial charge in [0.1, 0.15) is 0 Å². The third-order valence-corrected chi connectivity index (χ3v) is 5.70. The number of amides is 1. The summed E-state index contributed by atoms with van der Waals surface area (Å²) in [4.78, 5) is 12.4. The highest BCUT2D eigenvalue weighted by molar-refractivity contribution is 5.82. The minimum atomic E-state index is 0.193. The number of aliphatic hydroxyl groups excluding tert-OH is 1. The molecule has 3 nitrogen and oxygen atoms in total. The summed E-state index contributed by atoms with van der Waals surface area (Å²) < 4.78 is 0. The first-order chi connectivity index (χ1) is 9.31. The van der Waals surface area contributed by atoms with Gasteiger partial charge >= 0.3 is 0 Å². The Morgan fingerprint density at radius 3 is 2.37 bits per heavy atom. The molecule has 3 heteroatoms. The molecule has 0 spiro atoms. The Balaban J connectivity index is 1.53. The van der Waals surface area contributed by atoms with Gasteiger partial charge in [0.25, 0.3) is 0 Å². The topological polar surface area (TPSA) is 49.3 Å². The quantitative estimate of drug-likeness (QED) is 0.802. The SMILES string of the molecule is O=C(NC(CCO)C1CCCCC1)C1C2CCCC21. The summed E-state index contributed by atoms with van der Waals surface area (Å²) in [5, 5.41) is 12.5. The fraction of sp³-hybridized carbons (Fsp3) is 0.938. The van der Waals surface area contributed by atoms with E-state index in [-0.39, 0.29) is 12.6 Å². The Morgan fingerprint density at radius 1 is 1.05 bits per heavy atom. The van der Waals surface area contributed by atoms with Crippen molar-refractivity contribution in [1.82, 2.24) is 5.32 Å². The molecule has 2 N–H and O–H groups in total. The van der Waals surface area contributed by atoms with E-state index in [4.69, 9.17) is 0 Å². The van der Waals surface area contributed by atoms with Crippen molar-refractivity contribution in [2.75, 3.05) is 6.61 Å². The molecule has 1 amide bonds. The summed E-state index contributed by atoms with van der Waals surface area (Å²) in [6.07, 6.45) is 10.9. The summed E-state index contributed by atoms with van der Waals surface area (Å²) >= 11 is 0. The molecule has 19 heavy (non-hydrogen) atoms. The maximum absolute atomic E-state index is 12.4. The van der Waals surface area contributed by atoms with Gasteiger partial charge in [0, 0.05) is 18.6 Å². The van der Waals surface area contributed by atoms with Crippen molar-refractivity contribution in [2.45, 2.75) is 63.8 Å². The van der Waals surface area contributed by atoms with Crippen LogP contribution in [-0.2, 0) is 4.79 Å². The van der Waals surface area contributed by atoms with Gasteiger partial charge in [0.15, 0.2) is 0 Å². The van der Waals surface area contributed by atoms with Crippen molar-refractivity contribution < 1.29 is 9.90 Å². The molecule has 3 saturated carbocycles. The average molecular weight is 265 g/mol. The number of carbonyl (C=O) groups excluding carboxylic acids is 1. The molecule has 3 unspecified atom stereocenters. The Hall–Kier alpha value is -0.570. The van der Waals surface area contributed by atoms with E-state index < -0.39 is 0 Å². The highest BCUT2D eigenvalue weighted by Crippen LogP contribution is 2.57. The second-order valence-corrected chi connectivity index (χ2v) is 6.81. The van der Waals surface area contributed by atoms with Gasteiger partial charge < -0.3 is 10.4 Å². The van der Waals surface area contributed by atoms with Crippen LogP contribution in [-0.4, -0.2) is 23.7 Å². The van der Waals surface area contributed by atoms with E-state index in [1.54, 1.807) is 0 Å². The maximum Gasteiger partial charge on any atom is 0.223 e. The second-order valence-electron chi connectivity index (χ2n) is 6.81. The molecule has 0 heterocycles. The summed E-state index contributed by atoms with van der Waals surface area (Å²) in [6.45, 7) is 0.193. The van der Waals surface area contributed by atoms with Gasteiger partial charge in [0.05, 0.1) is 0 Å². The minimum absolute atomic E-state index is 0.193. The Kier molecular flexibility index (Phi) is 4.11. The fourth-order valence-electron chi connectivity index (χ4n) is 4.59. The first kappa shape index (κ1) is 13.4. The smallest absolute Gasteiger partial charge is 0.223 e. The molecule has 3 rings (SSSR count). The van der Waals surface area contributed by atoms with Crippen molar-refractivity contribution in [2.24, 2.45) is 23.7 Å². The molecule has 3 aliphatic rings. The van der Waals surface area contributed by atoms with Crippen LogP contribution in [0.3, 0.4) is 0 Å². The molecule has 108 valence electrons. The zero-order valence-corrected chi connectivity index (χ0v) is 11.8. The van der Waals surface area contributed by atoms with Crippen LogP contribution in [0.5, 0.6) is 0 Å². The largest absolute Gasteiger partial charge is 0.396 e. The molecular formula is C16H27NO2. The van der Waals surface area contributed by atoms with E-state index >= 15 is 0 Å². The van der Waals surface area contributed by atoms with Crippen LogP contribution < -0.4 is 5.32 Å². The number of aliphatic hydroxyl groups is 1. The highest BCUT2D eigenvalue weighted by Gasteiger charge is 2.56. The lowest BCUT2D eigenvalue weighted by Gasteiger charge is -2.31. The Morgan fingerprint density at radius 2 is 1.74 bits per heavy atom. The first-order valence-electron chi connectivity index (χ1n) is 8.22. The number of fused-ring (bicyclic) bond motifs is 1. The molecule has 0 radical (unpaired) electrons. The van der Waals surface area contributed by atoms with Gasteiger partial charge in [-0.05, 0) is 49.9 Å². The van der Waals surface area contributed by atoms with Crippen LogP contribution in [0, 0.1) is 23.7 Å². The number of hydrogen-bond acceptors (Lipinski definition) is 2. The average Bonchev–Trinajstić information content (AvgIpc) is 2.93. The monoisotopic (exact) mass is 265 g/mol. The number of carbonyl (C=O) groups is 1. The highest BCUT2D eigenvalue weighted by atomic mass is 16.3. The first-order valence-corrected chi connectivity index (χ1v) is 8.22. The van der Waals surface area contributed by atoms with E-state index in [9.17, 15) is 9.90 Å². The Labute approximate surface area is 116 Å². The minimum Gasteiger partial charge on any atom is -0.396 e. The molecule has 3 fully saturated rings. The molecule has 0 aromatic carbocycles. The van der Waals surface area contributed by atoms with Crippen molar-refractivity contribution in [3.05, 3.63) is 0 Å². The normalized spacial score (nSPS) is 35.7. The van der Waals surface area contributed by atoms with E-state index in [1.165, 1.54) is 51.4 Å². The van der Waals surface area contributed by atoms with Gasteiger partial charge in [-0.25, -0.2) is 0 Å². The van der Waals surface area contributed by atoms with E-state index in [1.807, 2.05) is 0 Å². The molecule has 3 aliphatic carbocycles. The van der Waals surface area contributed by atoms with E-state index in [2.05, 4.69) is 5.32 Å². The van der Waals surface area contributed by atoms with Gasteiger partial charge in [-0.3, -0.25) is 4.79 Å². The van der Waals surface area contributed by atoms with Gasteiger partial charge in [-0.1, -0.05) is 25.7 Å². The van der Waals surface area contributed by atoms with Crippen LogP contribution in [0.1, 0.15) is 57.8 Å².